The van der Waals surface area contributed by atoms with Crippen molar-refractivity contribution in [1.82, 2.24) is 14.9 Å². The number of ether oxygens (including phenoxy) is 2. The Balaban J connectivity index is 1.67. The Morgan fingerprint density at radius 2 is 1.92 bits per heavy atom. The standard InChI is InChI=1S/C19H23N3O2/c1-14(15-7-6-10-18(23-2)19(15)24-3)20-11-12-22-13-21-16-8-4-5-9-17(16)22/h4-10,13-14,20H,11-12H2,1-3H3. The molecule has 5 nitrogen and oxygen atoms in total. The molecule has 0 saturated heterocycles. The summed E-state index contributed by atoms with van der Waals surface area (Å²) in [6, 6.07) is 14.3. The summed E-state index contributed by atoms with van der Waals surface area (Å²) in [6.45, 7) is 3.82. The van der Waals surface area contributed by atoms with Crippen molar-refractivity contribution in [2.24, 2.45) is 0 Å². The summed E-state index contributed by atoms with van der Waals surface area (Å²) in [5.74, 6) is 1.54. The molecule has 0 saturated carbocycles. The lowest BCUT2D eigenvalue weighted by atomic mass is 10.1. The van der Waals surface area contributed by atoms with Gasteiger partial charge in [0.1, 0.15) is 0 Å². The smallest absolute Gasteiger partial charge is 0.165 e. The van der Waals surface area contributed by atoms with Crippen LogP contribution in [0.3, 0.4) is 0 Å². The van der Waals surface area contributed by atoms with Gasteiger partial charge in [-0.1, -0.05) is 24.3 Å². The first-order valence-corrected chi connectivity index (χ1v) is 8.08. The second-order valence-electron chi connectivity index (χ2n) is 5.69. The molecule has 0 spiro atoms. The fraction of sp³-hybridized carbons (Fsp3) is 0.316. The quantitative estimate of drug-likeness (QED) is 0.723. The third-order valence-corrected chi connectivity index (χ3v) is 4.23. The molecule has 5 heteroatoms. The summed E-state index contributed by atoms with van der Waals surface area (Å²) >= 11 is 0. The zero-order valence-electron chi connectivity index (χ0n) is 14.3. The van der Waals surface area contributed by atoms with Crippen molar-refractivity contribution in [3.8, 4) is 11.5 Å². The number of para-hydroxylation sites is 3. The normalized spacial score (nSPS) is 12.3. The zero-order chi connectivity index (χ0) is 16.9. The van der Waals surface area contributed by atoms with Crippen molar-refractivity contribution in [2.75, 3.05) is 20.8 Å². The number of imidazole rings is 1. The molecule has 1 unspecified atom stereocenters. The minimum Gasteiger partial charge on any atom is -0.493 e. The van der Waals surface area contributed by atoms with Gasteiger partial charge in [0.25, 0.3) is 0 Å². The zero-order valence-corrected chi connectivity index (χ0v) is 14.3. The fourth-order valence-corrected chi connectivity index (χ4v) is 2.95. The maximum absolute atomic E-state index is 5.52. The van der Waals surface area contributed by atoms with Crippen LogP contribution < -0.4 is 14.8 Å². The van der Waals surface area contributed by atoms with E-state index >= 15 is 0 Å². The van der Waals surface area contributed by atoms with Gasteiger partial charge in [-0.2, -0.15) is 0 Å². The maximum Gasteiger partial charge on any atom is 0.165 e. The minimum atomic E-state index is 0.157. The number of methoxy groups -OCH3 is 2. The molecule has 1 N–H and O–H groups in total. The molecule has 0 aliphatic carbocycles. The van der Waals surface area contributed by atoms with Crippen molar-refractivity contribution in [2.45, 2.75) is 19.5 Å². The first-order chi connectivity index (χ1) is 11.7. The second-order valence-corrected chi connectivity index (χ2v) is 5.69. The average Bonchev–Trinajstić information content (AvgIpc) is 3.04. The van der Waals surface area contributed by atoms with E-state index in [1.54, 1.807) is 14.2 Å². The molecule has 126 valence electrons. The molecule has 24 heavy (non-hydrogen) atoms. The van der Waals surface area contributed by atoms with Gasteiger partial charge in [-0.25, -0.2) is 4.98 Å². The summed E-state index contributed by atoms with van der Waals surface area (Å²) in [7, 11) is 3.33. The van der Waals surface area contributed by atoms with Gasteiger partial charge in [0.15, 0.2) is 11.5 Å². The Hall–Kier alpha value is -2.53. The van der Waals surface area contributed by atoms with Crippen LogP contribution in [0.15, 0.2) is 48.8 Å². The van der Waals surface area contributed by atoms with Crippen LogP contribution in [0.4, 0.5) is 0 Å². The van der Waals surface area contributed by atoms with Gasteiger partial charge in [-0.15, -0.1) is 0 Å². The Labute approximate surface area is 142 Å². The Bertz CT molecular complexity index is 813. The van der Waals surface area contributed by atoms with E-state index in [0.717, 1.165) is 41.2 Å². The van der Waals surface area contributed by atoms with Gasteiger partial charge in [0.05, 0.1) is 31.6 Å². The topological polar surface area (TPSA) is 48.3 Å². The lowest BCUT2D eigenvalue weighted by Gasteiger charge is -2.19. The van der Waals surface area contributed by atoms with Gasteiger partial charge in [0.2, 0.25) is 0 Å². The van der Waals surface area contributed by atoms with Gasteiger partial charge in [-0.3, -0.25) is 0 Å². The molecule has 0 aliphatic rings. The highest BCUT2D eigenvalue weighted by Gasteiger charge is 2.15. The van der Waals surface area contributed by atoms with Crippen LogP contribution in [0.25, 0.3) is 11.0 Å². The molecule has 1 atom stereocenters. The van der Waals surface area contributed by atoms with E-state index in [-0.39, 0.29) is 6.04 Å². The fourth-order valence-electron chi connectivity index (χ4n) is 2.95. The van der Waals surface area contributed by atoms with Crippen molar-refractivity contribution in [1.29, 1.82) is 0 Å². The molecule has 0 fully saturated rings. The molecular weight excluding hydrogens is 302 g/mol. The van der Waals surface area contributed by atoms with Gasteiger partial charge >= 0.3 is 0 Å². The number of fused-ring (bicyclic) bond motifs is 1. The predicted molar refractivity (Wildman–Crippen MR) is 95.7 cm³/mol. The Morgan fingerprint density at radius 3 is 2.71 bits per heavy atom. The predicted octanol–water partition coefficient (Wildman–Crippen LogP) is 3.40. The highest BCUT2D eigenvalue weighted by molar-refractivity contribution is 5.74. The molecule has 2 aromatic carbocycles. The van der Waals surface area contributed by atoms with Crippen LogP contribution in [-0.2, 0) is 6.54 Å². The SMILES string of the molecule is COc1cccc(C(C)NCCn2cnc3ccccc32)c1OC. The van der Waals surface area contributed by atoms with E-state index in [1.165, 1.54) is 0 Å². The number of benzene rings is 2. The summed E-state index contributed by atoms with van der Waals surface area (Å²) in [4.78, 5) is 4.42. The summed E-state index contributed by atoms with van der Waals surface area (Å²) in [6.07, 6.45) is 1.89. The molecule has 1 aromatic heterocycles. The lowest BCUT2D eigenvalue weighted by molar-refractivity contribution is 0.347. The van der Waals surface area contributed by atoms with E-state index < -0.39 is 0 Å². The lowest BCUT2D eigenvalue weighted by Crippen LogP contribution is -2.23. The van der Waals surface area contributed by atoms with Crippen LogP contribution in [0.5, 0.6) is 11.5 Å². The molecule has 3 rings (SSSR count). The number of aromatic nitrogens is 2. The van der Waals surface area contributed by atoms with E-state index in [9.17, 15) is 0 Å². The van der Waals surface area contributed by atoms with E-state index in [2.05, 4.69) is 33.9 Å². The van der Waals surface area contributed by atoms with Gasteiger partial charge in [-0.05, 0) is 25.1 Å². The highest BCUT2D eigenvalue weighted by Crippen LogP contribution is 2.34. The first-order valence-electron chi connectivity index (χ1n) is 8.08. The summed E-state index contributed by atoms with van der Waals surface area (Å²) in [5, 5.41) is 3.54. The third kappa shape index (κ3) is 3.21. The molecule has 0 aliphatic heterocycles. The first kappa shape index (κ1) is 16.3. The minimum absolute atomic E-state index is 0.157. The largest absolute Gasteiger partial charge is 0.493 e. The average molecular weight is 325 g/mol. The van der Waals surface area contributed by atoms with Crippen molar-refractivity contribution in [3.63, 3.8) is 0 Å². The van der Waals surface area contributed by atoms with Crippen molar-refractivity contribution >= 4 is 11.0 Å². The van der Waals surface area contributed by atoms with Crippen LogP contribution >= 0.6 is 0 Å². The summed E-state index contributed by atoms with van der Waals surface area (Å²) in [5.41, 5.74) is 3.28. The van der Waals surface area contributed by atoms with Crippen LogP contribution in [0.1, 0.15) is 18.5 Å². The molecule has 0 amide bonds. The summed E-state index contributed by atoms with van der Waals surface area (Å²) < 4.78 is 13.1. The number of hydrogen-bond donors (Lipinski definition) is 1. The van der Waals surface area contributed by atoms with E-state index in [0.29, 0.717) is 0 Å². The number of nitrogens with one attached hydrogen (secondary N) is 1. The van der Waals surface area contributed by atoms with Crippen LogP contribution in [-0.4, -0.2) is 30.3 Å². The monoisotopic (exact) mass is 325 g/mol. The Morgan fingerprint density at radius 1 is 1.08 bits per heavy atom. The van der Waals surface area contributed by atoms with Crippen LogP contribution in [0, 0.1) is 0 Å². The molecule has 3 aromatic rings. The number of rotatable bonds is 7. The van der Waals surface area contributed by atoms with Gasteiger partial charge in [0, 0.05) is 24.7 Å². The third-order valence-electron chi connectivity index (χ3n) is 4.23. The molecule has 0 bridgehead atoms. The maximum atomic E-state index is 5.52. The van der Waals surface area contributed by atoms with E-state index in [4.69, 9.17) is 9.47 Å². The highest BCUT2D eigenvalue weighted by atomic mass is 16.5. The van der Waals surface area contributed by atoms with Gasteiger partial charge < -0.3 is 19.4 Å². The van der Waals surface area contributed by atoms with Crippen molar-refractivity contribution < 1.29 is 9.47 Å². The molecular formula is C19H23N3O2. The number of nitrogens with zero attached hydrogens (tertiary/aromatic N) is 2. The Kier molecular flexibility index (Phi) is 5.01. The molecule has 1 heterocycles. The molecule has 0 radical (unpaired) electrons. The van der Waals surface area contributed by atoms with Crippen LogP contribution in [0.2, 0.25) is 0 Å². The van der Waals surface area contributed by atoms with Crippen molar-refractivity contribution in [3.05, 3.63) is 54.4 Å². The number of hydrogen-bond acceptors (Lipinski definition) is 4. The van der Waals surface area contributed by atoms with E-state index in [1.807, 2.05) is 36.7 Å². The second kappa shape index (κ2) is 7.36.